The number of aliphatic hydroxyl groups excluding tert-OH is 2. The Morgan fingerprint density at radius 1 is 1.71 bits per heavy atom. The molecule has 0 aliphatic heterocycles. The first-order chi connectivity index (χ1) is 3.18. The van der Waals surface area contributed by atoms with Gasteiger partial charge in [-0.2, -0.15) is 0 Å². The second kappa shape index (κ2) is 3.02. The van der Waals surface area contributed by atoms with Gasteiger partial charge in [-0.05, 0) is 0 Å². The number of rotatable bonds is 1. The van der Waals surface area contributed by atoms with Gasteiger partial charge < -0.3 is 0 Å². The molecule has 0 bridgehead atoms. The van der Waals surface area contributed by atoms with Crippen LogP contribution in [0.15, 0.2) is 11.8 Å². The average Bonchev–Trinajstić information content (AvgIpc) is 1.65. The number of hydrogen-bond acceptors (Lipinski definition) is 2. The zero-order chi connectivity index (χ0) is 5.86. The molecule has 0 aliphatic carbocycles. The summed E-state index contributed by atoms with van der Waals surface area (Å²) in [6, 6.07) is 0. The molecule has 0 spiro atoms. The summed E-state index contributed by atoms with van der Waals surface area (Å²) in [4.78, 5) is 0. The molecule has 0 aliphatic rings. The maximum atomic E-state index is 8.48. The zero-order valence-corrected chi connectivity index (χ0v) is 5.32. The maximum absolute atomic E-state index is 8.48. The molecule has 2 N–H and O–H groups in total. The first-order valence-electron chi connectivity index (χ1n) is 1.74. The Morgan fingerprint density at radius 2 is 2.14 bits per heavy atom. The van der Waals surface area contributed by atoms with Gasteiger partial charge >= 0.3 is 50.4 Å². The van der Waals surface area contributed by atoms with Crippen molar-refractivity contribution in [3.8, 4) is 0 Å². The van der Waals surface area contributed by atoms with E-state index in [0.29, 0.717) is 5.57 Å². The SMILES string of the molecule is CC(=CO)[C](O)=[V]. The molecule has 0 unspecified atom stereocenters. The van der Waals surface area contributed by atoms with Crippen molar-refractivity contribution in [2.45, 2.75) is 6.92 Å². The van der Waals surface area contributed by atoms with Gasteiger partial charge in [-0.3, -0.25) is 0 Å². The van der Waals surface area contributed by atoms with Crippen LogP contribution in [0.25, 0.3) is 0 Å². The molecule has 0 saturated carbocycles. The third-order valence-electron chi connectivity index (χ3n) is 0.546. The molecule has 0 saturated heterocycles. The Labute approximate surface area is 51.0 Å². The van der Waals surface area contributed by atoms with E-state index in [-0.39, 0.29) is 4.41 Å². The number of hydrogen-bond donors (Lipinski definition) is 2. The third-order valence-corrected chi connectivity index (χ3v) is 1.10. The topological polar surface area (TPSA) is 40.5 Å². The summed E-state index contributed by atoms with van der Waals surface area (Å²) in [5.41, 5.74) is 0.472. The van der Waals surface area contributed by atoms with Crippen LogP contribution in [0.5, 0.6) is 0 Å². The van der Waals surface area contributed by atoms with Gasteiger partial charge in [0.25, 0.3) is 0 Å². The Balaban J connectivity index is 3.82. The van der Waals surface area contributed by atoms with Crippen LogP contribution in [0.4, 0.5) is 0 Å². The average molecular weight is 137 g/mol. The van der Waals surface area contributed by atoms with E-state index in [1.165, 1.54) is 0 Å². The molecule has 2 nitrogen and oxygen atoms in total. The second-order valence-corrected chi connectivity index (χ2v) is 1.80. The fraction of sp³-hybridized carbons (Fsp3) is 0.250. The van der Waals surface area contributed by atoms with Crippen LogP contribution in [0.2, 0.25) is 0 Å². The normalized spacial score (nSPS) is 11.3. The second-order valence-electron chi connectivity index (χ2n) is 1.14. The van der Waals surface area contributed by atoms with E-state index < -0.39 is 0 Å². The van der Waals surface area contributed by atoms with Crippen LogP contribution in [0, 0.1) is 0 Å². The molecule has 0 aromatic carbocycles. The summed E-state index contributed by atoms with van der Waals surface area (Å²) in [6.45, 7) is 1.60. The first-order valence-corrected chi connectivity index (χ1v) is 2.44. The van der Waals surface area contributed by atoms with Crippen molar-refractivity contribution in [1.29, 1.82) is 0 Å². The monoisotopic (exact) mass is 137 g/mol. The van der Waals surface area contributed by atoms with E-state index in [0.717, 1.165) is 6.26 Å². The van der Waals surface area contributed by atoms with Gasteiger partial charge in [0.15, 0.2) is 0 Å². The van der Waals surface area contributed by atoms with Gasteiger partial charge in [-0.1, -0.05) is 0 Å². The van der Waals surface area contributed by atoms with Gasteiger partial charge in [-0.25, -0.2) is 0 Å². The molecule has 7 heavy (non-hydrogen) atoms. The van der Waals surface area contributed by atoms with E-state index in [9.17, 15) is 0 Å². The quantitative estimate of drug-likeness (QED) is 0.516. The van der Waals surface area contributed by atoms with Crippen molar-refractivity contribution in [3.63, 3.8) is 0 Å². The molecule has 0 heterocycles. The Kier molecular flexibility index (Phi) is 3.00. The summed E-state index contributed by atoms with van der Waals surface area (Å²) >= 11 is 1.93. The van der Waals surface area contributed by atoms with E-state index in [4.69, 9.17) is 10.2 Å². The van der Waals surface area contributed by atoms with Gasteiger partial charge in [0, 0.05) is 0 Å². The predicted octanol–water partition coefficient (Wildman–Crippen LogP) is 0.497. The van der Waals surface area contributed by atoms with E-state index >= 15 is 0 Å². The number of aliphatic hydroxyl groups is 2. The summed E-state index contributed by atoms with van der Waals surface area (Å²) < 4.78 is 0.0926. The van der Waals surface area contributed by atoms with Crippen molar-refractivity contribution in [2.24, 2.45) is 0 Å². The summed E-state index contributed by atoms with van der Waals surface area (Å²) in [6.07, 6.45) is 0.855. The van der Waals surface area contributed by atoms with Crippen LogP contribution in [-0.4, -0.2) is 14.6 Å². The van der Waals surface area contributed by atoms with E-state index in [2.05, 4.69) is 0 Å². The van der Waals surface area contributed by atoms with Gasteiger partial charge in [0.2, 0.25) is 0 Å². The van der Waals surface area contributed by atoms with E-state index in [1.54, 1.807) is 6.92 Å². The van der Waals surface area contributed by atoms with Crippen molar-refractivity contribution >= 4 is 4.41 Å². The molecule has 0 fully saturated rings. The fourth-order valence-electron chi connectivity index (χ4n) is 0.0577. The molecule has 3 heteroatoms. The van der Waals surface area contributed by atoms with E-state index in [1.807, 2.05) is 17.0 Å². The summed E-state index contributed by atoms with van der Waals surface area (Å²) in [7, 11) is 0. The van der Waals surface area contributed by atoms with Crippen LogP contribution in [0.3, 0.4) is 0 Å². The molecule has 0 amide bonds. The van der Waals surface area contributed by atoms with Crippen molar-refractivity contribution in [3.05, 3.63) is 11.8 Å². The summed E-state index contributed by atoms with van der Waals surface area (Å²) in [5, 5.41) is 16.6. The zero-order valence-electron chi connectivity index (χ0n) is 3.92. The molecule has 0 atom stereocenters. The fourth-order valence-corrected chi connectivity index (χ4v) is 0.148. The molecule has 0 rings (SSSR count). The standard InChI is InChI=1S/C4H6O2.V/c1-4(2-5)3-6;/h2,5-6H,1H3;. The van der Waals surface area contributed by atoms with Gasteiger partial charge in [0.05, 0.1) is 0 Å². The summed E-state index contributed by atoms with van der Waals surface area (Å²) in [5.74, 6) is 0. The Bertz CT molecular complexity index is 106. The van der Waals surface area contributed by atoms with Crippen LogP contribution < -0.4 is 0 Å². The molecular weight excluding hydrogens is 131 g/mol. The van der Waals surface area contributed by atoms with Crippen molar-refractivity contribution in [2.75, 3.05) is 0 Å². The first kappa shape index (κ1) is 6.95. The molecule has 0 aromatic rings. The molecule has 39 valence electrons. The Morgan fingerprint density at radius 3 is 2.14 bits per heavy atom. The van der Waals surface area contributed by atoms with Crippen molar-refractivity contribution in [1.82, 2.24) is 0 Å². The Hall–Kier alpha value is -0.0456. The van der Waals surface area contributed by atoms with Crippen LogP contribution in [-0.2, 0) is 17.0 Å². The minimum atomic E-state index is 0.0926. The van der Waals surface area contributed by atoms with Gasteiger partial charge in [-0.15, -0.1) is 0 Å². The predicted molar refractivity (Wildman–Crippen MR) is 23.3 cm³/mol. The molecular formula is C4H6O2V. The molecule has 0 aromatic heterocycles. The van der Waals surface area contributed by atoms with Gasteiger partial charge in [0.1, 0.15) is 0 Å². The van der Waals surface area contributed by atoms with Crippen molar-refractivity contribution < 1.29 is 27.2 Å². The third kappa shape index (κ3) is 2.63. The van der Waals surface area contributed by atoms with Crippen LogP contribution >= 0.6 is 0 Å². The van der Waals surface area contributed by atoms with Crippen LogP contribution in [0.1, 0.15) is 6.92 Å². The minimum absolute atomic E-state index is 0.0926. The molecule has 0 radical (unpaired) electrons.